The van der Waals surface area contributed by atoms with Crippen LogP contribution in [0, 0.1) is 0 Å². The fourth-order valence-corrected chi connectivity index (χ4v) is 4.86. The zero-order valence-electron chi connectivity index (χ0n) is 17.1. The highest BCUT2D eigenvalue weighted by molar-refractivity contribution is 7.92. The van der Waals surface area contributed by atoms with Crippen molar-refractivity contribution in [1.29, 1.82) is 0 Å². The molecule has 0 fully saturated rings. The minimum atomic E-state index is -4.84. The third-order valence-corrected chi connectivity index (χ3v) is 6.83. The number of rotatable bonds is 5. The van der Waals surface area contributed by atoms with E-state index in [0.717, 1.165) is 16.4 Å². The van der Waals surface area contributed by atoms with E-state index in [1.807, 2.05) is 0 Å². The summed E-state index contributed by atoms with van der Waals surface area (Å²) in [6.45, 7) is -0.330. The summed E-state index contributed by atoms with van der Waals surface area (Å²) in [7, 11) is -4.06. The molecular weight excluding hydrogens is 497 g/mol. The van der Waals surface area contributed by atoms with Crippen molar-refractivity contribution in [2.45, 2.75) is 17.4 Å². The van der Waals surface area contributed by atoms with Crippen molar-refractivity contribution in [1.82, 2.24) is 0 Å². The van der Waals surface area contributed by atoms with Crippen LogP contribution in [0.2, 0.25) is 5.02 Å². The van der Waals surface area contributed by atoms with E-state index in [9.17, 15) is 26.4 Å². The van der Waals surface area contributed by atoms with E-state index in [0.29, 0.717) is 5.02 Å². The van der Waals surface area contributed by atoms with Crippen molar-refractivity contribution in [3.8, 4) is 11.5 Å². The first-order valence-corrected chi connectivity index (χ1v) is 11.6. The third kappa shape index (κ3) is 5.20. The van der Waals surface area contributed by atoms with E-state index in [4.69, 9.17) is 16.3 Å². The minimum Gasteiger partial charge on any atom is -0.476 e. The lowest BCUT2D eigenvalue weighted by atomic mass is 10.2. The average Bonchev–Trinajstić information content (AvgIpc) is 2.79. The van der Waals surface area contributed by atoms with Crippen molar-refractivity contribution in [2.24, 2.45) is 0 Å². The maximum Gasteiger partial charge on any atom is 0.573 e. The number of hydrogen-bond acceptors (Lipinski definition) is 5. The Morgan fingerprint density at radius 1 is 1.03 bits per heavy atom. The van der Waals surface area contributed by atoms with Gasteiger partial charge in [-0.3, -0.25) is 9.10 Å². The van der Waals surface area contributed by atoms with E-state index >= 15 is 0 Å². The molecule has 0 aliphatic carbocycles. The number of carbonyl (C=O) groups excluding carboxylic acids is 1. The summed E-state index contributed by atoms with van der Waals surface area (Å²) in [6.07, 6.45) is -6.07. The number of nitrogens with zero attached hydrogens (tertiary/aromatic N) is 1. The van der Waals surface area contributed by atoms with Gasteiger partial charge in [-0.1, -0.05) is 23.7 Å². The summed E-state index contributed by atoms with van der Waals surface area (Å²) in [6, 6.07) is 16.5. The van der Waals surface area contributed by atoms with Crippen LogP contribution in [0.15, 0.2) is 77.7 Å². The first-order chi connectivity index (χ1) is 16.0. The van der Waals surface area contributed by atoms with Crippen LogP contribution < -0.4 is 19.1 Å². The quantitative estimate of drug-likeness (QED) is 0.529. The highest BCUT2D eigenvalue weighted by atomic mass is 35.5. The van der Waals surface area contributed by atoms with E-state index in [2.05, 4.69) is 10.1 Å². The second-order valence-electron chi connectivity index (χ2n) is 7.13. The van der Waals surface area contributed by atoms with Gasteiger partial charge in [0.2, 0.25) is 0 Å². The monoisotopic (exact) mass is 512 g/mol. The number of anilines is 2. The van der Waals surface area contributed by atoms with E-state index < -0.39 is 34.1 Å². The zero-order valence-corrected chi connectivity index (χ0v) is 18.7. The summed E-state index contributed by atoms with van der Waals surface area (Å²) in [5.74, 6) is -0.954. The van der Waals surface area contributed by atoms with Crippen LogP contribution in [0.4, 0.5) is 24.5 Å². The molecule has 0 radical (unpaired) electrons. The molecule has 0 saturated heterocycles. The van der Waals surface area contributed by atoms with Crippen molar-refractivity contribution >= 4 is 38.9 Å². The van der Waals surface area contributed by atoms with Gasteiger partial charge in [-0.25, -0.2) is 8.42 Å². The van der Waals surface area contributed by atoms with Gasteiger partial charge in [-0.05, 0) is 60.7 Å². The average molecular weight is 513 g/mol. The van der Waals surface area contributed by atoms with Gasteiger partial charge in [-0.2, -0.15) is 0 Å². The van der Waals surface area contributed by atoms with Gasteiger partial charge in [0.15, 0.2) is 6.10 Å². The molecule has 1 aliphatic heterocycles. The van der Waals surface area contributed by atoms with Gasteiger partial charge in [-0.15, -0.1) is 13.2 Å². The van der Waals surface area contributed by atoms with E-state index in [1.54, 1.807) is 18.2 Å². The van der Waals surface area contributed by atoms with Crippen LogP contribution in [0.1, 0.15) is 0 Å². The maximum atomic E-state index is 13.3. The molecule has 7 nitrogen and oxygen atoms in total. The fraction of sp³-hybridized carbons (Fsp3) is 0.136. The Hall–Kier alpha value is -3.44. The molecule has 3 aromatic carbocycles. The summed E-state index contributed by atoms with van der Waals surface area (Å²) in [4.78, 5) is 12.8. The minimum absolute atomic E-state index is 0.0204. The van der Waals surface area contributed by atoms with Crippen LogP contribution in [0.5, 0.6) is 11.5 Å². The number of fused-ring (bicyclic) bond motifs is 1. The molecule has 12 heteroatoms. The number of sulfonamides is 1. The largest absolute Gasteiger partial charge is 0.573 e. The fourth-order valence-electron chi connectivity index (χ4n) is 3.26. The van der Waals surface area contributed by atoms with Gasteiger partial charge in [0.05, 0.1) is 17.1 Å². The number of nitrogens with one attached hydrogen (secondary N) is 1. The van der Waals surface area contributed by atoms with Crippen LogP contribution >= 0.6 is 11.6 Å². The van der Waals surface area contributed by atoms with Crippen molar-refractivity contribution in [3.05, 3.63) is 77.8 Å². The number of benzene rings is 3. The van der Waals surface area contributed by atoms with Crippen molar-refractivity contribution in [3.63, 3.8) is 0 Å². The molecule has 3 aromatic rings. The number of para-hydroxylation sites is 2. The SMILES string of the molecule is O=C(Nc1ccc(OC(F)(F)F)cc1)[C@H]1CN(S(=O)(=O)c2ccc(Cl)cc2)c2ccccc2O1. The second kappa shape index (κ2) is 9.07. The van der Waals surface area contributed by atoms with Crippen molar-refractivity contribution < 1.29 is 35.9 Å². The van der Waals surface area contributed by atoms with Crippen molar-refractivity contribution in [2.75, 3.05) is 16.2 Å². The molecule has 0 spiro atoms. The van der Waals surface area contributed by atoms with Crippen LogP contribution in [0.25, 0.3) is 0 Å². The van der Waals surface area contributed by atoms with Gasteiger partial charge in [0, 0.05) is 10.7 Å². The van der Waals surface area contributed by atoms with Crippen LogP contribution in [-0.4, -0.2) is 33.3 Å². The number of carbonyl (C=O) groups is 1. The number of hydrogen-bond donors (Lipinski definition) is 1. The Labute approximate surface area is 197 Å². The number of halogens is 4. The predicted octanol–water partition coefficient (Wildman–Crippen LogP) is 4.83. The van der Waals surface area contributed by atoms with Gasteiger partial charge in [0.25, 0.3) is 15.9 Å². The van der Waals surface area contributed by atoms with Gasteiger partial charge in [0.1, 0.15) is 11.5 Å². The molecule has 1 N–H and O–H groups in total. The molecule has 1 aliphatic rings. The van der Waals surface area contributed by atoms with Crippen LogP contribution in [-0.2, 0) is 14.8 Å². The molecule has 0 unspecified atom stereocenters. The summed E-state index contributed by atoms with van der Waals surface area (Å²) in [5, 5.41) is 2.88. The molecule has 0 saturated carbocycles. The lowest BCUT2D eigenvalue weighted by molar-refractivity contribution is -0.274. The first-order valence-electron chi connectivity index (χ1n) is 9.74. The molecular formula is C22H16ClF3N2O5S. The second-order valence-corrected chi connectivity index (χ2v) is 9.42. The molecule has 178 valence electrons. The highest BCUT2D eigenvalue weighted by Crippen LogP contribution is 2.37. The summed E-state index contributed by atoms with van der Waals surface area (Å²) >= 11 is 5.87. The number of ether oxygens (including phenoxy) is 2. The molecule has 1 heterocycles. The Morgan fingerprint density at radius 3 is 2.32 bits per heavy atom. The Balaban J connectivity index is 1.57. The topological polar surface area (TPSA) is 84.9 Å². The number of alkyl halides is 3. The third-order valence-electron chi connectivity index (χ3n) is 4.78. The Kier molecular flexibility index (Phi) is 6.32. The van der Waals surface area contributed by atoms with Gasteiger partial charge < -0.3 is 14.8 Å². The Bertz CT molecular complexity index is 1300. The normalized spacial score (nSPS) is 15.8. The lowest BCUT2D eigenvalue weighted by Crippen LogP contribution is -2.48. The number of amides is 1. The molecule has 0 aromatic heterocycles. The van der Waals surface area contributed by atoms with Crippen LogP contribution in [0.3, 0.4) is 0 Å². The molecule has 4 rings (SSSR count). The predicted molar refractivity (Wildman–Crippen MR) is 119 cm³/mol. The molecule has 1 amide bonds. The molecule has 34 heavy (non-hydrogen) atoms. The lowest BCUT2D eigenvalue weighted by Gasteiger charge is -2.34. The maximum absolute atomic E-state index is 13.3. The Morgan fingerprint density at radius 2 is 1.68 bits per heavy atom. The zero-order chi connectivity index (χ0) is 24.5. The first kappa shape index (κ1) is 23.7. The molecule has 1 atom stereocenters. The standard InChI is InChI=1S/C22H16ClF3N2O5S/c23-14-5-11-17(12-6-14)34(30,31)28-13-20(32-19-4-2-1-3-18(19)28)21(29)27-15-7-9-16(10-8-15)33-22(24,25)26/h1-12,20H,13H2,(H,27,29)/t20-/m1/s1. The summed E-state index contributed by atoms with van der Waals surface area (Å²) in [5.41, 5.74) is 0.434. The highest BCUT2D eigenvalue weighted by Gasteiger charge is 2.37. The summed E-state index contributed by atoms with van der Waals surface area (Å²) < 4.78 is 74.2. The van der Waals surface area contributed by atoms with Gasteiger partial charge >= 0.3 is 6.36 Å². The molecule has 0 bridgehead atoms. The van der Waals surface area contributed by atoms with E-state index in [1.165, 1.54) is 42.5 Å². The van der Waals surface area contributed by atoms with E-state index in [-0.39, 0.29) is 28.6 Å². The smallest absolute Gasteiger partial charge is 0.476 e.